The van der Waals surface area contributed by atoms with Gasteiger partial charge in [0, 0.05) is 19.3 Å². The van der Waals surface area contributed by atoms with Crippen LogP contribution >= 0.6 is 0 Å². The first-order valence-electron chi connectivity index (χ1n) is 30.4. The molecule has 0 fully saturated rings. The molecule has 0 aliphatic heterocycles. The molecule has 0 aromatic carbocycles. The Labute approximate surface area is 440 Å². The zero-order valence-electron chi connectivity index (χ0n) is 47.0. The van der Waals surface area contributed by atoms with Crippen molar-refractivity contribution in [2.75, 3.05) is 13.2 Å². The van der Waals surface area contributed by atoms with Crippen molar-refractivity contribution in [1.29, 1.82) is 0 Å². The summed E-state index contributed by atoms with van der Waals surface area (Å²) in [6, 6.07) is 0. The third-order valence-corrected chi connectivity index (χ3v) is 13.2. The molecule has 0 amide bonds. The second-order valence-electron chi connectivity index (χ2n) is 20.2. The summed E-state index contributed by atoms with van der Waals surface area (Å²) in [4.78, 5) is 38.2. The zero-order chi connectivity index (χ0) is 51.4. The molecule has 0 N–H and O–H groups in total. The van der Waals surface area contributed by atoms with Crippen molar-refractivity contribution in [2.45, 2.75) is 309 Å². The minimum atomic E-state index is -0.792. The molecule has 0 bridgehead atoms. The third-order valence-electron chi connectivity index (χ3n) is 13.2. The summed E-state index contributed by atoms with van der Waals surface area (Å²) in [5, 5.41) is 0. The summed E-state index contributed by atoms with van der Waals surface area (Å²) in [5.74, 6) is -0.915. The highest BCUT2D eigenvalue weighted by molar-refractivity contribution is 5.71. The molecule has 6 nitrogen and oxygen atoms in total. The van der Waals surface area contributed by atoms with Crippen LogP contribution in [0, 0.1) is 0 Å². The van der Waals surface area contributed by atoms with E-state index >= 15 is 0 Å². The number of unbranched alkanes of at least 4 members (excludes halogenated alkanes) is 32. The summed E-state index contributed by atoms with van der Waals surface area (Å²) < 4.78 is 16.9. The number of hydrogen-bond acceptors (Lipinski definition) is 6. The molecule has 410 valence electrons. The molecule has 0 saturated carbocycles. The van der Waals surface area contributed by atoms with Crippen molar-refractivity contribution in [2.24, 2.45) is 0 Å². The van der Waals surface area contributed by atoms with Gasteiger partial charge in [-0.25, -0.2) is 0 Å². The van der Waals surface area contributed by atoms with Crippen LogP contribution in [0.2, 0.25) is 0 Å². The Kier molecular flexibility index (Phi) is 56.8. The Morgan fingerprint density at radius 2 is 0.507 bits per heavy atom. The van der Waals surface area contributed by atoms with Crippen LogP contribution in [0.25, 0.3) is 0 Å². The van der Waals surface area contributed by atoms with E-state index in [-0.39, 0.29) is 31.1 Å². The number of allylic oxidation sites excluding steroid dienone is 12. The first-order chi connectivity index (χ1) is 35.0. The van der Waals surface area contributed by atoms with Crippen molar-refractivity contribution < 1.29 is 28.6 Å². The van der Waals surface area contributed by atoms with E-state index in [1.165, 1.54) is 180 Å². The fourth-order valence-electron chi connectivity index (χ4n) is 8.53. The quantitative estimate of drug-likeness (QED) is 0.0261. The molecule has 1 atom stereocenters. The highest BCUT2D eigenvalue weighted by atomic mass is 16.6. The van der Waals surface area contributed by atoms with Crippen LogP contribution in [0.3, 0.4) is 0 Å². The van der Waals surface area contributed by atoms with Gasteiger partial charge in [-0.05, 0) is 116 Å². The molecule has 0 rings (SSSR count). The van der Waals surface area contributed by atoms with Crippen LogP contribution in [0.4, 0.5) is 0 Å². The Bertz CT molecular complexity index is 1320. The largest absolute Gasteiger partial charge is 0.462 e. The number of ether oxygens (including phenoxy) is 3. The van der Waals surface area contributed by atoms with E-state index in [2.05, 4.69) is 93.7 Å². The molecule has 0 aromatic rings. The van der Waals surface area contributed by atoms with Gasteiger partial charge in [-0.1, -0.05) is 241 Å². The lowest BCUT2D eigenvalue weighted by Gasteiger charge is -2.18. The number of carbonyl (C=O) groups excluding carboxylic acids is 3. The number of rotatable bonds is 55. The van der Waals surface area contributed by atoms with E-state index in [9.17, 15) is 14.4 Å². The molecule has 0 aromatic heterocycles. The van der Waals surface area contributed by atoms with Gasteiger partial charge in [-0.15, -0.1) is 0 Å². The first kappa shape index (κ1) is 67.8. The number of hydrogen-bond donors (Lipinski definition) is 0. The lowest BCUT2D eigenvalue weighted by molar-refractivity contribution is -0.167. The second kappa shape index (κ2) is 59.4. The van der Waals surface area contributed by atoms with Crippen LogP contribution in [0.5, 0.6) is 0 Å². The minimum absolute atomic E-state index is 0.0874. The molecule has 71 heavy (non-hydrogen) atoms. The molecule has 0 spiro atoms. The van der Waals surface area contributed by atoms with Crippen LogP contribution in [0.1, 0.15) is 303 Å². The van der Waals surface area contributed by atoms with Crippen molar-refractivity contribution in [1.82, 2.24) is 0 Å². The maximum absolute atomic E-state index is 12.9. The molecular weight excluding hydrogens is 877 g/mol. The molecule has 6 heteroatoms. The van der Waals surface area contributed by atoms with Crippen LogP contribution in [0.15, 0.2) is 72.9 Å². The van der Waals surface area contributed by atoms with Crippen molar-refractivity contribution in [3.63, 3.8) is 0 Å². The molecule has 0 heterocycles. The van der Waals surface area contributed by atoms with Gasteiger partial charge in [0.2, 0.25) is 0 Å². The average molecular weight is 992 g/mol. The minimum Gasteiger partial charge on any atom is -0.462 e. The van der Waals surface area contributed by atoms with Gasteiger partial charge in [-0.3, -0.25) is 14.4 Å². The Morgan fingerprint density at radius 1 is 0.282 bits per heavy atom. The van der Waals surface area contributed by atoms with Gasteiger partial charge in [0.1, 0.15) is 13.2 Å². The number of carbonyl (C=O) groups is 3. The summed E-state index contributed by atoms with van der Waals surface area (Å²) in [6.07, 6.45) is 76.0. The van der Waals surface area contributed by atoms with E-state index in [1.807, 2.05) is 0 Å². The van der Waals surface area contributed by atoms with E-state index < -0.39 is 6.10 Å². The van der Waals surface area contributed by atoms with Gasteiger partial charge >= 0.3 is 17.9 Å². The van der Waals surface area contributed by atoms with E-state index in [0.717, 1.165) is 83.5 Å². The Hall–Kier alpha value is -3.15. The van der Waals surface area contributed by atoms with Crippen molar-refractivity contribution >= 4 is 17.9 Å². The van der Waals surface area contributed by atoms with Crippen LogP contribution < -0.4 is 0 Å². The van der Waals surface area contributed by atoms with E-state index in [0.29, 0.717) is 19.3 Å². The SMILES string of the molecule is CCCCC/C=C\C/C=C\C/C=C\C/C=C\CCCCCC(=O)OC[C@H](COC(=O)CCCCCCCCCCC/C=C\CCCCCCCC)OC(=O)CCCCCCCCC/C=C\CCCCCC. The monoisotopic (exact) mass is 991 g/mol. The summed E-state index contributed by atoms with van der Waals surface area (Å²) in [7, 11) is 0. The smallest absolute Gasteiger partial charge is 0.306 e. The summed E-state index contributed by atoms with van der Waals surface area (Å²) >= 11 is 0. The Morgan fingerprint density at radius 3 is 0.859 bits per heavy atom. The molecule has 0 aliphatic rings. The van der Waals surface area contributed by atoms with Gasteiger partial charge in [-0.2, -0.15) is 0 Å². The average Bonchev–Trinajstić information content (AvgIpc) is 3.37. The van der Waals surface area contributed by atoms with Gasteiger partial charge in [0.15, 0.2) is 6.10 Å². The highest BCUT2D eigenvalue weighted by Crippen LogP contribution is 2.15. The van der Waals surface area contributed by atoms with Gasteiger partial charge < -0.3 is 14.2 Å². The molecule has 0 unspecified atom stereocenters. The lowest BCUT2D eigenvalue weighted by atomic mass is 10.1. The highest BCUT2D eigenvalue weighted by Gasteiger charge is 2.19. The maximum Gasteiger partial charge on any atom is 0.306 e. The third kappa shape index (κ3) is 57.6. The molecule has 0 aliphatic carbocycles. The maximum atomic E-state index is 12.9. The fraction of sp³-hybridized carbons (Fsp3) is 0.769. The topological polar surface area (TPSA) is 78.9 Å². The van der Waals surface area contributed by atoms with Crippen LogP contribution in [-0.2, 0) is 28.6 Å². The van der Waals surface area contributed by atoms with Crippen LogP contribution in [-0.4, -0.2) is 37.2 Å². The predicted molar refractivity (Wildman–Crippen MR) is 307 cm³/mol. The van der Waals surface area contributed by atoms with E-state index in [1.54, 1.807) is 0 Å². The first-order valence-corrected chi connectivity index (χ1v) is 30.4. The zero-order valence-corrected chi connectivity index (χ0v) is 47.0. The number of esters is 3. The van der Waals surface area contributed by atoms with E-state index in [4.69, 9.17) is 14.2 Å². The summed E-state index contributed by atoms with van der Waals surface area (Å²) in [5.41, 5.74) is 0. The molecule has 0 saturated heterocycles. The lowest BCUT2D eigenvalue weighted by Crippen LogP contribution is -2.30. The fourth-order valence-corrected chi connectivity index (χ4v) is 8.53. The summed E-state index contributed by atoms with van der Waals surface area (Å²) in [6.45, 7) is 6.59. The second-order valence-corrected chi connectivity index (χ2v) is 20.2. The van der Waals surface area contributed by atoms with Gasteiger partial charge in [0.25, 0.3) is 0 Å². The van der Waals surface area contributed by atoms with Crippen molar-refractivity contribution in [3.05, 3.63) is 72.9 Å². The Balaban J connectivity index is 4.42. The van der Waals surface area contributed by atoms with Crippen molar-refractivity contribution in [3.8, 4) is 0 Å². The predicted octanol–water partition coefficient (Wildman–Crippen LogP) is 20.5. The molecule has 0 radical (unpaired) electrons. The normalized spacial score (nSPS) is 12.5. The standard InChI is InChI=1S/C65H114O6/c1-4-7-10-13-16-19-22-25-28-30-32-34-37-39-42-45-48-51-54-57-63(66)69-60-62(71-65(68)59-56-53-50-47-44-41-36-27-24-21-18-15-12-9-6-3)61-70-64(67)58-55-52-49-46-43-40-38-35-33-31-29-26-23-20-17-14-11-8-5-2/h16,19,21,24-26,28-29,32,34,39,42,62H,4-15,17-18,20,22-23,27,30-31,33,35-38,40-41,43-61H2,1-3H3/b19-16-,24-21-,28-25-,29-26-,34-32-,42-39-/t62-/m1/s1. The molecular formula is C65H114O6. The van der Waals surface area contributed by atoms with Gasteiger partial charge in [0.05, 0.1) is 0 Å².